The number of carbonyl (C=O) groups excluding carboxylic acids is 1. The average Bonchev–Trinajstić information content (AvgIpc) is 2.59. The first kappa shape index (κ1) is 20.2. The van der Waals surface area contributed by atoms with Crippen LogP contribution in [0.5, 0.6) is 0 Å². The van der Waals surface area contributed by atoms with E-state index in [4.69, 9.17) is 4.74 Å². The molecule has 0 aliphatic heterocycles. The lowest BCUT2D eigenvalue weighted by molar-refractivity contribution is -0.120. The number of nitrogens with one attached hydrogen (secondary N) is 3. The van der Waals surface area contributed by atoms with Crippen LogP contribution in [0.1, 0.15) is 6.42 Å². The van der Waals surface area contributed by atoms with Crippen LogP contribution in [0.2, 0.25) is 0 Å². The van der Waals surface area contributed by atoms with E-state index in [-0.39, 0.29) is 18.3 Å². The number of guanidine groups is 1. The van der Waals surface area contributed by atoms with E-state index in [0.717, 1.165) is 23.6 Å². The van der Waals surface area contributed by atoms with Gasteiger partial charge in [-0.2, -0.15) is 0 Å². The van der Waals surface area contributed by atoms with Crippen molar-refractivity contribution in [1.82, 2.24) is 16.0 Å². The highest BCUT2D eigenvalue weighted by Gasteiger charge is 2.02. The number of thioether (sulfide) groups is 1. The largest absolute Gasteiger partial charge is 0.383 e. The van der Waals surface area contributed by atoms with Crippen LogP contribution in [0.15, 0.2) is 34.2 Å². The van der Waals surface area contributed by atoms with E-state index in [1.165, 1.54) is 12.1 Å². The first-order chi connectivity index (χ1) is 11.7. The fourth-order valence-electron chi connectivity index (χ4n) is 1.74. The summed E-state index contributed by atoms with van der Waals surface area (Å²) in [6.45, 7) is 1.88. The summed E-state index contributed by atoms with van der Waals surface area (Å²) < 4.78 is 17.7. The number of nitrogens with zero attached hydrogens (tertiary/aromatic N) is 1. The van der Waals surface area contributed by atoms with Crippen LogP contribution in [0.25, 0.3) is 0 Å². The maximum atomic E-state index is 12.8. The van der Waals surface area contributed by atoms with Crippen LogP contribution < -0.4 is 16.0 Å². The Bertz CT molecular complexity index is 511. The van der Waals surface area contributed by atoms with E-state index < -0.39 is 0 Å². The van der Waals surface area contributed by atoms with E-state index in [0.29, 0.717) is 19.1 Å². The molecule has 0 aromatic heterocycles. The van der Waals surface area contributed by atoms with E-state index in [2.05, 4.69) is 20.9 Å². The van der Waals surface area contributed by atoms with Gasteiger partial charge >= 0.3 is 0 Å². The highest BCUT2D eigenvalue weighted by molar-refractivity contribution is 7.99. The monoisotopic (exact) mass is 356 g/mol. The molecule has 0 spiro atoms. The number of aliphatic imine (C=N–C) groups is 1. The van der Waals surface area contributed by atoms with E-state index >= 15 is 0 Å². The molecule has 0 fully saturated rings. The standard InChI is InChI=1S/C16H25FN4O2S/c1-18-16(21-12-15(22)19-9-10-23-2)20-8-3-11-24-14-6-4-13(17)5-7-14/h4-7H,3,8-12H2,1-2H3,(H,19,22)(H2,18,20,21). The molecule has 1 rings (SSSR count). The number of benzene rings is 1. The lowest BCUT2D eigenvalue weighted by Crippen LogP contribution is -2.44. The Morgan fingerprint density at radius 3 is 2.62 bits per heavy atom. The van der Waals surface area contributed by atoms with Crippen molar-refractivity contribution in [2.45, 2.75) is 11.3 Å². The maximum Gasteiger partial charge on any atom is 0.239 e. The molecule has 3 N–H and O–H groups in total. The lowest BCUT2D eigenvalue weighted by atomic mass is 10.4. The van der Waals surface area contributed by atoms with Gasteiger partial charge in [-0.1, -0.05) is 0 Å². The van der Waals surface area contributed by atoms with Crippen molar-refractivity contribution < 1.29 is 13.9 Å². The van der Waals surface area contributed by atoms with Gasteiger partial charge in [0.25, 0.3) is 0 Å². The third-order valence-corrected chi connectivity index (χ3v) is 4.06. The fraction of sp³-hybridized carbons (Fsp3) is 0.500. The second kappa shape index (κ2) is 12.6. The Balaban J connectivity index is 2.11. The Hall–Kier alpha value is -1.80. The summed E-state index contributed by atoms with van der Waals surface area (Å²) in [5, 5.41) is 8.82. The zero-order chi connectivity index (χ0) is 17.6. The average molecular weight is 356 g/mol. The molecule has 0 atom stereocenters. The fourth-order valence-corrected chi connectivity index (χ4v) is 2.59. The smallest absolute Gasteiger partial charge is 0.239 e. The summed E-state index contributed by atoms with van der Waals surface area (Å²) in [7, 11) is 3.25. The molecule has 0 bridgehead atoms. The molecule has 0 aliphatic carbocycles. The van der Waals surface area contributed by atoms with Gasteiger partial charge in [0.2, 0.25) is 5.91 Å². The minimum Gasteiger partial charge on any atom is -0.383 e. The van der Waals surface area contributed by atoms with Gasteiger partial charge in [0.05, 0.1) is 13.2 Å². The molecular formula is C16H25FN4O2S. The summed E-state index contributed by atoms with van der Waals surface area (Å²) in [6, 6.07) is 6.47. The molecule has 0 aliphatic rings. The third-order valence-electron chi connectivity index (χ3n) is 2.96. The summed E-state index contributed by atoms with van der Waals surface area (Å²) >= 11 is 1.67. The lowest BCUT2D eigenvalue weighted by Gasteiger charge is -2.11. The first-order valence-corrected chi connectivity index (χ1v) is 8.72. The van der Waals surface area contributed by atoms with Gasteiger partial charge in [-0.3, -0.25) is 9.79 Å². The minimum absolute atomic E-state index is 0.109. The number of rotatable bonds is 10. The molecule has 1 amide bonds. The van der Waals surface area contributed by atoms with Crippen molar-refractivity contribution in [2.75, 3.05) is 46.2 Å². The number of hydrogen-bond donors (Lipinski definition) is 3. The summed E-state index contributed by atoms with van der Waals surface area (Å²) in [6.07, 6.45) is 0.919. The number of hydrogen-bond acceptors (Lipinski definition) is 4. The zero-order valence-electron chi connectivity index (χ0n) is 14.1. The van der Waals surface area contributed by atoms with Gasteiger partial charge in [-0.25, -0.2) is 4.39 Å². The number of amides is 1. The Morgan fingerprint density at radius 2 is 1.96 bits per heavy atom. The Labute approximate surface area is 146 Å². The molecule has 0 saturated heterocycles. The van der Waals surface area contributed by atoms with Crippen LogP contribution in [0.4, 0.5) is 4.39 Å². The SMILES string of the molecule is CN=C(NCCCSc1ccc(F)cc1)NCC(=O)NCCOC. The first-order valence-electron chi connectivity index (χ1n) is 7.74. The molecule has 1 aromatic rings. The number of halogens is 1. The Morgan fingerprint density at radius 1 is 1.21 bits per heavy atom. The maximum absolute atomic E-state index is 12.8. The predicted molar refractivity (Wildman–Crippen MR) is 96.0 cm³/mol. The predicted octanol–water partition coefficient (Wildman–Crippen LogP) is 1.24. The summed E-state index contributed by atoms with van der Waals surface area (Å²) in [4.78, 5) is 16.7. The van der Waals surface area contributed by atoms with Gasteiger partial charge in [0, 0.05) is 32.1 Å². The highest BCUT2D eigenvalue weighted by atomic mass is 32.2. The van der Waals surface area contributed by atoms with Crippen LogP contribution in [-0.2, 0) is 9.53 Å². The van der Waals surface area contributed by atoms with Gasteiger partial charge in [-0.05, 0) is 36.4 Å². The highest BCUT2D eigenvalue weighted by Crippen LogP contribution is 2.18. The summed E-state index contributed by atoms with van der Waals surface area (Å²) in [5.74, 6) is 1.17. The van der Waals surface area contributed by atoms with Crippen molar-refractivity contribution >= 4 is 23.6 Å². The van der Waals surface area contributed by atoms with Crippen LogP contribution in [-0.4, -0.2) is 58.0 Å². The van der Waals surface area contributed by atoms with Gasteiger partial charge < -0.3 is 20.7 Å². The number of ether oxygens (including phenoxy) is 1. The molecule has 24 heavy (non-hydrogen) atoms. The second-order valence-electron chi connectivity index (χ2n) is 4.85. The van der Waals surface area contributed by atoms with E-state index in [1.54, 1.807) is 38.1 Å². The molecule has 0 saturated carbocycles. The Kier molecular flexibility index (Phi) is 10.6. The topological polar surface area (TPSA) is 74.8 Å². The molecule has 134 valence electrons. The number of carbonyl (C=O) groups is 1. The van der Waals surface area contributed by atoms with Crippen molar-refractivity contribution in [2.24, 2.45) is 4.99 Å². The van der Waals surface area contributed by atoms with Crippen molar-refractivity contribution in [3.63, 3.8) is 0 Å². The van der Waals surface area contributed by atoms with Crippen LogP contribution >= 0.6 is 11.8 Å². The van der Waals surface area contributed by atoms with Crippen molar-refractivity contribution in [3.05, 3.63) is 30.1 Å². The molecular weight excluding hydrogens is 331 g/mol. The van der Waals surface area contributed by atoms with Crippen molar-refractivity contribution in [1.29, 1.82) is 0 Å². The van der Waals surface area contributed by atoms with E-state index in [9.17, 15) is 9.18 Å². The van der Waals surface area contributed by atoms with Crippen LogP contribution in [0.3, 0.4) is 0 Å². The second-order valence-corrected chi connectivity index (χ2v) is 6.02. The van der Waals surface area contributed by atoms with Gasteiger partial charge in [0.15, 0.2) is 5.96 Å². The molecule has 0 heterocycles. The molecule has 1 aromatic carbocycles. The van der Waals surface area contributed by atoms with Crippen molar-refractivity contribution in [3.8, 4) is 0 Å². The van der Waals surface area contributed by atoms with Gasteiger partial charge in [-0.15, -0.1) is 11.8 Å². The quantitative estimate of drug-likeness (QED) is 0.255. The normalized spacial score (nSPS) is 11.2. The van der Waals surface area contributed by atoms with Crippen LogP contribution in [0, 0.1) is 5.82 Å². The molecule has 6 nitrogen and oxygen atoms in total. The van der Waals surface area contributed by atoms with E-state index in [1.807, 2.05) is 0 Å². The van der Waals surface area contributed by atoms with Gasteiger partial charge in [0.1, 0.15) is 5.82 Å². The zero-order valence-corrected chi connectivity index (χ0v) is 14.9. The molecule has 0 unspecified atom stereocenters. The molecule has 0 radical (unpaired) electrons. The number of methoxy groups -OCH3 is 1. The third kappa shape index (κ3) is 9.36. The minimum atomic E-state index is -0.220. The molecule has 8 heteroatoms. The summed E-state index contributed by atoms with van der Waals surface area (Å²) in [5.41, 5.74) is 0.